The van der Waals surface area contributed by atoms with Gasteiger partial charge < -0.3 is 10.2 Å². The van der Waals surface area contributed by atoms with Crippen LogP contribution in [0.15, 0.2) is 24.3 Å². The van der Waals surface area contributed by atoms with Gasteiger partial charge in [0.15, 0.2) is 0 Å². The number of carbonyl (C=O) groups is 3. The van der Waals surface area contributed by atoms with Gasteiger partial charge in [0.1, 0.15) is 17.9 Å². The number of halogens is 1. The van der Waals surface area contributed by atoms with E-state index in [1.165, 1.54) is 24.3 Å². The minimum absolute atomic E-state index is 0.0931. The highest BCUT2D eigenvalue weighted by Gasteiger charge is 2.50. The van der Waals surface area contributed by atoms with Gasteiger partial charge in [0, 0.05) is 12.1 Å². The van der Waals surface area contributed by atoms with Gasteiger partial charge in [-0.2, -0.15) is 0 Å². The number of piperidine rings is 1. The lowest BCUT2D eigenvalue weighted by Gasteiger charge is -2.39. The summed E-state index contributed by atoms with van der Waals surface area (Å²) in [6, 6.07) is 5.00. The molecule has 0 bridgehead atoms. The monoisotopic (exact) mass is 361 g/mol. The highest BCUT2D eigenvalue weighted by atomic mass is 19.1. The van der Waals surface area contributed by atoms with Crippen molar-refractivity contribution in [2.75, 3.05) is 6.54 Å². The fraction of sp³-hybridized carbons (Fsp3) is 0.526. The van der Waals surface area contributed by atoms with E-state index < -0.39 is 23.3 Å². The molecular weight excluding hydrogens is 337 g/mol. The first kappa shape index (κ1) is 18.4. The molecule has 0 spiro atoms. The maximum atomic E-state index is 13.2. The topological polar surface area (TPSA) is 69.7 Å². The van der Waals surface area contributed by atoms with Crippen molar-refractivity contribution in [1.82, 2.24) is 15.1 Å². The molecule has 0 radical (unpaired) electrons. The number of hydrogen-bond acceptors (Lipinski definition) is 3. The van der Waals surface area contributed by atoms with Crippen LogP contribution in [0.25, 0.3) is 0 Å². The Morgan fingerprint density at radius 2 is 1.77 bits per heavy atom. The van der Waals surface area contributed by atoms with Crippen LogP contribution in [0.3, 0.4) is 0 Å². The Labute approximate surface area is 152 Å². The molecule has 2 heterocycles. The van der Waals surface area contributed by atoms with Crippen molar-refractivity contribution in [3.8, 4) is 0 Å². The van der Waals surface area contributed by atoms with E-state index in [4.69, 9.17) is 0 Å². The lowest BCUT2D eigenvalue weighted by molar-refractivity contribution is -0.142. The molecule has 1 aromatic rings. The van der Waals surface area contributed by atoms with Gasteiger partial charge in [0.05, 0.1) is 0 Å². The summed E-state index contributed by atoms with van der Waals surface area (Å²) in [5.74, 6) is -1.15. The van der Waals surface area contributed by atoms with Gasteiger partial charge in [-0.1, -0.05) is 12.1 Å². The predicted molar refractivity (Wildman–Crippen MR) is 93.6 cm³/mol. The van der Waals surface area contributed by atoms with Crippen LogP contribution in [0.4, 0.5) is 9.18 Å². The first-order valence-corrected chi connectivity index (χ1v) is 8.95. The number of likely N-dealkylation sites (tertiary alicyclic amines) is 1. The zero-order chi connectivity index (χ0) is 19.1. The normalized spacial score (nSPS) is 29.1. The summed E-state index contributed by atoms with van der Waals surface area (Å²) in [6.07, 6.45) is 2.91. The number of nitrogens with zero attached hydrogens (tertiary/aromatic N) is 2. The van der Waals surface area contributed by atoms with Crippen LogP contribution >= 0.6 is 0 Å². The zero-order valence-electron chi connectivity index (χ0n) is 15.3. The van der Waals surface area contributed by atoms with Gasteiger partial charge in [0.25, 0.3) is 5.91 Å². The van der Waals surface area contributed by atoms with Gasteiger partial charge in [-0.25, -0.2) is 9.18 Å². The average molecular weight is 361 g/mol. The molecule has 3 unspecified atom stereocenters. The van der Waals surface area contributed by atoms with E-state index >= 15 is 0 Å². The molecule has 0 saturated carbocycles. The van der Waals surface area contributed by atoms with Crippen molar-refractivity contribution in [3.05, 3.63) is 35.6 Å². The fourth-order valence-electron chi connectivity index (χ4n) is 3.95. The van der Waals surface area contributed by atoms with E-state index in [-0.39, 0.29) is 24.5 Å². The molecule has 2 aliphatic rings. The molecule has 3 atom stereocenters. The highest BCUT2D eigenvalue weighted by molar-refractivity contribution is 6.09. The predicted octanol–water partition coefficient (Wildman–Crippen LogP) is 2.38. The van der Waals surface area contributed by atoms with Crippen molar-refractivity contribution >= 4 is 17.8 Å². The average Bonchev–Trinajstić information content (AvgIpc) is 2.79. The number of urea groups is 1. The molecule has 7 heteroatoms. The van der Waals surface area contributed by atoms with Gasteiger partial charge in [-0.15, -0.1) is 0 Å². The third-order valence-electron chi connectivity index (χ3n) is 5.47. The molecule has 1 aromatic carbocycles. The van der Waals surface area contributed by atoms with Crippen LogP contribution in [0.1, 0.15) is 45.6 Å². The Balaban J connectivity index is 1.79. The minimum atomic E-state index is -1.30. The standard InChI is InChI=1S/C19H24FN3O3/c1-12-5-4-6-13(2)23(12)16(24)11-22-17(25)19(3,21-18(22)26)14-7-9-15(20)10-8-14/h7-10,12-13H,4-6,11H2,1-3H3,(H,21,26). The molecular formula is C19H24FN3O3. The van der Waals surface area contributed by atoms with Gasteiger partial charge in [-0.3, -0.25) is 14.5 Å². The summed E-state index contributed by atoms with van der Waals surface area (Å²) in [6.45, 7) is 5.26. The lowest BCUT2D eigenvalue weighted by atomic mass is 9.92. The summed E-state index contributed by atoms with van der Waals surface area (Å²) < 4.78 is 13.2. The molecule has 2 saturated heterocycles. The third kappa shape index (κ3) is 3.06. The van der Waals surface area contributed by atoms with Crippen LogP contribution in [0, 0.1) is 5.82 Å². The van der Waals surface area contributed by atoms with Gasteiger partial charge in [-0.05, 0) is 57.7 Å². The number of imide groups is 1. The molecule has 2 aliphatic heterocycles. The second kappa shape index (κ2) is 6.70. The second-order valence-electron chi connectivity index (χ2n) is 7.38. The van der Waals surface area contributed by atoms with Crippen LogP contribution in [-0.2, 0) is 15.1 Å². The van der Waals surface area contributed by atoms with Gasteiger partial charge >= 0.3 is 6.03 Å². The van der Waals surface area contributed by atoms with Crippen molar-refractivity contribution in [2.45, 2.75) is 57.7 Å². The number of carbonyl (C=O) groups excluding carboxylic acids is 3. The molecule has 6 nitrogen and oxygen atoms in total. The maximum absolute atomic E-state index is 13.2. The van der Waals surface area contributed by atoms with Crippen LogP contribution in [0.2, 0.25) is 0 Å². The summed E-state index contributed by atoms with van der Waals surface area (Å²) in [4.78, 5) is 40.7. The minimum Gasteiger partial charge on any atom is -0.336 e. The Bertz CT molecular complexity index is 726. The van der Waals surface area contributed by atoms with E-state index in [9.17, 15) is 18.8 Å². The molecule has 1 N–H and O–H groups in total. The lowest BCUT2D eigenvalue weighted by Crippen LogP contribution is -2.52. The van der Waals surface area contributed by atoms with Crippen molar-refractivity contribution in [3.63, 3.8) is 0 Å². The Morgan fingerprint density at radius 3 is 2.35 bits per heavy atom. The van der Waals surface area contributed by atoms with E-state index in [0.29, 0.717) is 5.56 Å². The Kier molecular flexibility index (Phi) is 4.73. The quantitative estimate of drug-likeness (QED) is 0.841. The Hall–Kier alpha value is -2.44. The van der Waals surface area contributed by atoms with Crippen molar-refractivity contribution in [1.29, 1.82) is 0 Å². The molecule has 26 heavy (non-hydrogen) atoms. The smallest absolute Gasteiger partial charge is 0.325 e. The second-order valence-corrected chi connectivity index (χ2v) is 7.38. The first-order chi connectivity index (χ1) is 12.2. The van der Waals surface area contributed by atoms with Crippen LogP contribution in [0.5, 0.6) is 0 Å². The molecule has 0 aliphatic carbocycles. The van der Waals surface area contributed by atoms with E-state index in [2.05, 4.69) is 5.32 Å². The van der Waals surface area contributed by atoms with Crippen molar-refractivity contribution in [2.24, 2.45) is 0 Å². The number of hydrogen-bond donors (Lipinski definition) is 1. The van der Waals surface area contributed by atoms with Crippen LogP contribution in [-0.4, -0.2) is 46.3 Å². The van der Waals surface area contributed by atoms with Crippen LogP contribution < -0.4 is 5.32 Å². The Morgan fingerprint density at radius 1 is 1.19 bits per heavy atom. The van der Waals surface area contributed by atoms with Crippen molar-refractivity contribution < 1.29 is 18.8 Å². The molecule has 140 valence electrons. The summed E-state index contributed by atoms with van der Waals surface area (Å²) in [5, 5.41) is 2.64. The van der Waals surface area contributed by atoms with E-state index in [1.807, 2.05) is 13.8 Å². The van der Waals surface area contributed by atoms with E-state index in [1.54, 1.807) is 11.8 Å². The summed E-state index contributed by atoms with van der Waals surface area (Å²) in [5.41, 5.74) is -0.823. The number of nitrogens with one attached hydrogen (secondary N) is 1. The molecule has 3 rings (SSSR count). The third-order valence-corrected chi connectivity index (χ3v) is 5.47. The highest BCUT2D eigenvalue weighted by Crippen LogP contribution is 2.29. The number of rotatable bonds is 3. The first-order valence-electron chi connectivity index (χ1n) is 8.95. The zero-order valence-corrected chi connectivity index (χ0v) is 15.3. The maximum Gasteiger partial charge on any atom is 0.325 e. The van der Waals surface area contributed by atoms with E-state index in [0.717, 1.165) is 24.2 Å². The van der Waals surface area contributed by atoms with Gasteiger partial charge in [0.2, 0.25) is 5.91 Å². The number of benzene rings is 1. The largest absolute Gasteiger partial charge is 0.336 e. The molecule has 0 aromatic heterocycles. The fourth-order valence-corrected chi connectivity index (χ4v) is 3.95. The SMILES string of the molecule is CC1CCCC(C)N1C(=O)CN1C(=O)NC(C)(c2ccc(F)cc2)C1=O. The molecule has 4 amide bonds. The molecule has 2 fully saturated rings. The summed E-state index contributed by atoms with van der Waals surface area (Å²) in [7, 11) is 0. The number of amides is 4. The summed E-state index contributed by atoms with van der Waals surface area (Å²) >= 11 is 0.